The molecule has 0 heterocycles. The van der Waals surface area contributed by atoms with E-state index in [1.165, 1.54) is 17.0 Å². The van der Waals surface area contributed by atoms with Gasteiger partial charge in [-0.05, 0) is 85.8 Å². The number of hydrogen-bond donors (Lipinski definition) is 1. The molecule has 236 valence electrons. The van der Waals surface area contributed by atoms with Gasteiger partial charge in [0.2, 0.25) is 11.8 Å². The molecule has 0 spiro atoms. The van der Waals surface area contributed by atoms with E-state index in [2.05, 4.69) is 21.2 Å². The van der Waals surface area contributed by atoms with Crippen LogP contribution in [-0.2, 0) is 32.6 Å². The molecule has 0 radical (unpaired) electrons. The van der Waals surface area contributed by atoms with E-state index in [0.717, 1.165) is 37.5 Å². The molecule has 0 saturated carbocycles. The Morgan fingerprint density at radius 1 is 0.822 bits per heavy atom. The Morgan fingerprint density at radius 3 is 2.02 bits per heavy atom. The molecule has 0 aliphatic heterocycles. The molecule has 0 aliphatic carbocycles. The van der Waals surface area contributed by atoms with Crippen LogP contribution in [-0.4, -0.2) is 43.8 Å². The predicted molar refractivity (Wildman–Crippen MR) is 183 cm³/mol. The number of carbonyl (C=O) groups excluding carboxylic acids is 2. The van der Waals surface area contributed by atoms with Gasteiger partial charge in [0.1, 0.15) is 12.6 Å². The molecule has 7 nitrogen and oxygen atoms in total. The summed E-state index contributed by atoms with van der Waals surface area (Å²) < 4.78 is 30.3. The summed E-state index contributed by atoms with van der Waals surface area (Å²) in [5.41, 5.74) is 3.81. The van der Waals surface area contributed by atoms with E-state index in [1.807, 2.05) is 88.4 Å². The van der Waals surface area contributed by atoms with Crippen LogP contribution >= 0.6 is 15.9 Å². The van der Waals surface area contributed by atoms with Gasteiger partial charge in [-0.3, -0.25) is 13.9 Å². The number of halogens is 1. The van der Waals surface area contributed by atoms with Crippen molar-refractivity contribution in [1.29, 1.82) is 0 Å². The highest BCUT2D eigenvalue weighted by Crippen LogP contribution is 2.27. The van der Waals surface area contributed by atoms with Crippen molar-refractivity contribution in [2.75, 3.05) is 10.8 Å². The van der Waals surface area contributed by atoms with E-state index in [9.17, 15) is 18.0 Å². The fraction of sp³-hybridized carbons (Fsp3) is 0.278. The van der Waals surface area contributed by atoms with Gasteiger partial charge in [0.15, 0.2) is 0 Å². The van der Waals surface area contributed by atoms with Crippen LogP contribution in [0.2, 0.25) is 0 Å². The van der Waals surface area contributed by atoms with Crippen LogP contribution < -0.4 is 9.62 Å². The number of sulfonamides is 1. The van der Waals surface area contributed by atoms with Crippen LogP contribution in [0, 0.1) is 13.8 Å². The first-order valence-corrected chi connectivity index (χ1v) is 17.3. The van der Waals surface area contributed by atoms with Gasteiger partial charge in [-0.2, -0.15) is 0 Å². The van der Waals surface area contributed by atoms with Crippen LogP contribution in [0.25, 0.3) is 0 Å². The van der Waals surface area contributed by atoms with Crippen LogP contribution in [0.4, 0.5) is 5.69 Å². The molecule has 45 heavy (non-hydrogen) atoms. The number of aryl methyl sites for hydroxylation is 2. The van der Waals surface area contributed by atoms with E-state index in [1.54, 1.807) is 30.3 Å². The molecule has 0 bridgehead atoms. The van der Waals surface area contributed by atoms with Crippen molar-refractivity contribution in [2.45, 2.75) is 64.1 Å². The Morgan fingerprint density at radius 2 is 1.42 bits per heavy atom. The maximum Gasteiger partial charge on any atom is 0.264 e. The molecule has 0 aromatic heterocycles. The second-order valence-corrected chi connectivity index (χ2v) is 14.1. The molecule has 0 aliphatic rings. The van der Waals surface area contributed by atoms with Gasteiger partial charge in [0.05, 0.1) is 10.6 Å². The quantitative estimate of drug-likeness (QED) is 0.167. The Labute approximate surface area is 275 Å². The second-order valence-electron chi connectivity index (χ2n) is 11.3. The minimum atomic E-state index is -4.15. The van der Waals surface area contributed by atoms with Crippen molar-refractivity contribution in [2.24, 2.45) is 0 Å². The first kappa shape index (κ1) is 33.9. The van der Waals surface area contributed by atoms with Crippen molar-refractivity contribution in [3.63, 3.8) is 0 Å². The zero-order chi connectivity index (χ0) is 32.6. The molecule has 1 N–H and O–H groups in total. The Bertz CT molecular complexity index is 1690. The molecule has 4 rings (SSSR count). The molecule has 4 aromatic rings. The lowest BCUT2D eigenvalue weighted by Gasteiger charge is -2.34. The zero-order valence-electron chi connectivity index (χ0n) is 26.1. The van der Waals surface area contributed by atoms with Gasteiger partial charge in [-0.1, -0.05) is 89.6 Å². The molecule has 2 atom stereocenters. The van der Waals surface area contributed by atoms with Crippen molar-refractivity contribution in [3.05, 3.63) is 130 Å². The molecule has 0 unspecified atom stereocenters. The van der Waals surface area contributed by atoms with Gasteiger partial charge in [0.25, 0.3) is 10.0 Å². The van der Waals surface area contributed by atoms with Crippen LogP contribution in [0.5, 0.6) is 0 Å². The number of benzene rings is 4. The lowest BCUT2D eigenvalue weighted by atomic mass is 10.0. The molecule has 0 fully saturated rings. The summed E-state index contributed by atoms with van der Waals surface area (Å²) in [6.07, 6.45) is 0.983. The molecule has 0 saturated heterocycles. The highest BCUT2D eigenvalue weighted by atomic mass is 79.9. The molecule has 2 amide bonds. The lowest BCUT2D eigenvalue weighted by Crippen LogP contribution is -2.54. The number of rotatable bonds is 13. The standard InChI is InChI=1S/C36H40BrN3O4S/c1-5-28(4)38-36(42)34(23-29-13-8-6-9-14-29)39(24-30-15-12-16-31(37)22-30)35(41)25-40(32-20-26(2)19-27(3)21-32)45(43,44)33-17-10-7-11-18-33/h6-22,28,34H,5,23-25H2,1-4H3,(H,38,42)/t28-,34-/m0/s1. The summed E-state index contributed by atoms with van der Waals surface area (Å²) >= 11 is 3.52. The second kappa shape index (κ2) is 15.4. The molecule has 4 aromatic carbocycles. The van der Waals surface area contributed by atoms with Gasteiger partial charge >= 0.3 is 0 Å². The number of nitrogens with zero attached hydrogens (tertiary/aromatic N) is 2. The topological polar surface area (TPSA) is 86.8 Å². The average Bonchev–Trinajstić information content (AvgIpc) is 3.01. The Hall–Kier alpha value is -3.95. The smallest absolute Gasteiger partial charge is 0.264 e. The highest BCUT2D eigenvalue weighted by Gasteiger charge is 2.35. The Balaban J connectivity index is 1.83. The number of carbonyl (C=O) groups is 2. The van der Waals surface area contributed by atoms with Gasteiger partial charge in [0, 0.05) is 23.5 Å². The fourth-order valence-corrected chi connectivity index (χ4v) is 7.04. The van der Waals surface area contributed by atoms with E-state index >= 15 is 0 Å². The summed E-state index contributed by atoms with van der Waals surface area (Å²) in [7, 11) is -4.15. The minimum absolute atomic E-state index is 0.0749. The van der Waals surface area contributed by atoms with E-state index in [4.69, 9.17) is 0 Å². The first-order valence-electron chi connectivity index (χ1n) is 15.0. The van der Waals surface area contributed by atoms with E-state index < -0.39 is 28.5 Å². The van der Waals surface area contributed by atoms with Crippen molar-refractivity contribution in [3.8, 4) is 0 Å². The summed E-state index contributed by atoms with van der Waals surface area (Å²) in [6.45, 7) is 7.30. The molecular weight excluding hydrogens is 650 g/mol. The Kier molecular flexibility index (Phi) is 11.6. The molecular formula is C36H40BrN3O4S. The lowest BCUT2D eigenvalue weighted by molar-refractivity contribution is -0.140. The highest BCUT2D eigenvalue weighted by molar-refractivity contribution is 9.10. The van der Waals surface area contributed by atoms with Gasteiger partial charge in [-0.15, -0.1) is 0 Å². The third kappa shape index (κ3) is 9.05. The average molecular weight is 691 g/mol. The maximum atomic E-state index is 14.6. The van der Waals surface area contributed by atoms with E-state index in [-0.39, 0.29) is 29.8 Å². The van der Waals surface area contributed by atoms with E-state index in [0.29, 0.717) is 5.69 Å². The summed E-state index contributed by atoms with van der Waals surface area (Å²) in [5.74, 6) is -0.783. The van der Waals surface area contributed by atoms with Crippen LogP contribution in [0.3, 0.4) is 0 Å². The maximum absolute atomic E-state index is 14.6. The normalized spacial score (nSPS) is 12.6. The number of anilines is 1. The summed E-state index contributed by atoms with van der Waals surface area (Å²) in [4.78, 5) is 30.1. The van der Waals surface area contributed by atoms with Crippen molar-refractivity contribution >= 4 is 43.5 Å². The first-order chi connectivity index (χ1) is 21.5. The third-order valence-corrected chi connectivity index (χ3v) is 9.90. The predicted octanol–water partition coefficient (Wildman–Crippen LogP) is 6.82. The largest absolute Gasteiger partial charge is 0.352 e. The van der Waals surface area contributed by atoms with Gasteiger partial charge in [-0.25, -0.2) is 8.42 Å². The third-order valence-electron chi connectivity index (χ3n) is 7.62. The van der Waals surface area contributed by atoms with Crippen molar-refractivity contribution in [1.82, 2.24) is 10.2 Å². The number of nitrogens with one attached hydrogen (secondary N) is 1. The number of hydrogen-bond acceptors (Lipinski definition) is 4. The summed E-state index contributed by atoms with van der Waals surface area (Å²) in [5, 5.41) is 3.06. The zero-order valence-corrected chi connectivity index (χ0v) is 28.5. The van der Waals surface area contributed by atoms with Gasteiger partial charge < -0.3 is 10.2 Å². The fourth-order valence-electron chi connectivity index (χ4n) is 5.17. The van der Waals surface area contributed by atoms with Crippen LogP contribution in [0.1, 0.15) is 42.5 Å². The number of amides is 2. The minimum Gasteiger partial charge on any atom is -0.352 e. The van der Waals surface area contributed by atoms with Crippen molar-refractivity contribution < 1.29 is 18.0 Å². The SMILES string of the molecule is CC[C@H](C)NC(=O)[C@H](Cc1ccccc1)N(Cc1cccc(Br)c1)C(=O)CN(c1cc(C)cc(C)c1)S(=O)(=O)c1ccccc1. The monoisotopic (exact) mass is 689 g/mol. The molecule has 9 heteroatoms. The summed E-state index contributed by atoms with van der Waals surface area (Å²) in [6, 6.07) is 29.7. The van der Waals surface area contributed by atoms with Crippen LogP contribution in [0.15, 0.2) is 112 Å².